The predicted molar refractivity (Wildman–Crippen MR) is 65.8 cm³/mol. The standard InChI is InChI=1S/C13H18N2O2/c1-9-3-4-10(2)11(7-9)12-8-15(5-6-16)13(17)14-12/h3-4,7,12,16H,5-6,8H2,1-2H3,(H,14,17). The molecule has 0 radical (unpaired) electrons. The van der Waals surface area contributed by atoms with Crippen LogP contribution >= 0.6 is 0 Å². The largest absolute Gasteiger partial charge is 0.395 e. The van der Waals surface area contributed by atoms with Crippen LogP contribution in [0.3, 0.4) is 0 Å². The zero-order valence-corrected chi connectivity index (χ0v) is 10.2. The molecule has 1 fully saturated rings. The lowest BCUT2D eigenvalue weighted by molar-refractivity contribution is 0.196. The number of aliphatic hydroxyl groups excluding tert-OH is 1. The van der Waals surface area contributed by atoms with Crippen molar-refractivity contribution in [2.24, 2.45) is 0 Å². The summed E-state index contributed by atoms with van der Waals surface area (Å²) in [6.45, 7) is 5.13. The third-order valence-electron chi connectivity index (χ3n) is 3.17. The minimum absolute atomic E-state index is 0.00688. The lowest BCUT2D eigenvalue weighted by atomic mass is 9.99. The van der Waals surface area contributed by atoms with E-state index in [9.17, 15) is 4.79 Å². The van der Waals surface area contributed by atoms with Gasteiger partial charge in [-0.25, -0.2) is 4.79 Å². The van der Waals surface area contributed by atoms with Crippen molar-refractivity contribution in [3.8, 4) is 0 Å². The van der Waals surface area contributed by atoms with Gasteiger partial charge in [0, 0.05) is 13.1 Å². The summed E-state index contributed by atoms with van der Waals surface area (Å²) < 4.78 is 0. The number of aliphatic hydroxyl groups is 1. The number of aryl methyl sites for hydroxylation is 2. The first-order valence-corrected chi connectivity index (χ1v) is 5.85. The van der Waals surface area contributed by atoms with Crippen molar-refractivity contribution < 1.29 is 9.90 Å². The second-order valence-corrected chi connectivity index (χ2v) is 4.53. The lowest BCUT2D eigenvalue weighted by Crippen LogP contribution is -2.30. The van der Waals surface area contributed by atoms with Gasteiger partial charge in [0.1, 0.15) is 0 Å². The van der Waals surface area contributed by atoms with Gasteiger partial charge in [-0.1, -0.05) is 23.8 Å². The number of urea groups is 1. The highest BCUT2D eigenvalue weighted by molar-refractivity contribution is 5.77. The van der Waals surface area contributed by atoms with Crippen LogP contribution in [0, 0.1) is 13.8 Å². The molecule has 1 aliphatic heterocycles. The van der Waals surface area contributed by atoms with Gasteiger partial charge in [0.15, 0.2) is 0 Å². The molecular weight excluding hydrogens is 216 g/mol. The van der Waals surface area contributed by atoms with Gasteiger partial charge in [0.2, 0.25) is 0 Å². The van der Waals surface area contributed by atoms with E-state index in [1.807, 2.05) is 6.92 Å². The van der Waals surface area contributed by atoms with E-state index >= 15 is 0 Å². The molecule has 1 aromatic carbocycles. The highest BCUT2D eigenvalue weighted by Crippen LogP contribution is 2.24. The lowest BCUT2D eigenvalue weighted by Gasteiger charge is -2.15. The first-order valence-electron chi connectivity index (χ1n) is 5.85. The molecular formula is C13H18N2O2. The molecule has 1 unspecified atom stereocenters. The summed E-state index contributed by atoms with van der Waals surface area (Å²) in [5.41, 5.74) is 3.55. The SMILES string of the molecule is Cc1ccc(C)c(C2CN(CCO)C(=O)N2)c1. The van der Waals surface area contributed by atoms with Crippen molar-refractivity contribution in [1.82, 2.24) is 10.2 Å². The average Bonchev–Trinajstić information content (AvgIpc) is 2.64. The Bertz CT molecular complexity index is 431. The van der Waals surface area contributed by atoms with Crippen LogP contribution in [0.2, 0.25) is 0 Å². The number of carbonyl (C=O) groups is 1. The normalized spacial score (nSPS) is 19.6. The Morgan fingerprint density at radius 2 is 2.24 bits per heavy atom. The van der Waals surface area contributed by atoms with Gasteiger partial charge in [-0.05, 0) is 25.0 Å². The maximum absolute atomic E-state index is 11.6. The van der Waals surface area contributed by atoms with Crippen molar-refractivity contribution in [1.29, 1.82) is 0 Å². The zero-order chi connectivity index (χ0) is 12.4. The van der Waals surface area contributed by atoms with Gasteiger partial charge in [-0.3, -0.25) is 0 Å². The van der Waals surface area contributed by atoms with Gasteiger partial charge in [-0.15, -0.1) is 0 Å². The summed E-state index contributed by atoms with van der Waals surface area (Å²) in [5.74, 6) is 0. The van der Waals surface area contributed by atoms with Crippen molar-refractivity contribution in [3.05, 3.63) is 34.9 Å². The van der Waals surface area contributed by atoms with Crippen LogP contribution in [0.25, 0.3) is 0 Å². The number of hydrogen-bond acceptors (Lipinski definition) is 2. The van der Waals surface area contributed by atoms with Crippen LogP contribution in [0.1, 0.15) is 22.7 Å². The number of benzene rings is 1. The van der Waals surface area contributed by atoms with Crippen molar-refractivity contribution in [3.63, 3.8) is 0 Å². The van der Waals surface area contributed by atoms with Crippen molar-refractivity contribution in [2.45, 2.75) is 19.9 Å². The van der Waals surface area contributed by atoms with Crippen LogP contribution in [-0.4, -0.2) is 35.7 Å². The molecule has 1 saturated heterocycles. The summed E-state index contributed by atoms with van der Waals surface area (Å²) in [7, 11) is 0. The number of rotatable bonds is 3. The molecule has 1 atom stereocenters. The summed E-state index contributed by atoms with van der Waals surface area (Å²) >= 11 is 0. The molecule has 0 bridgehead atoms. The van der Waals surface area contributed by atoms with E-state index in [1.54, 1.807) is 4.90 Å². The number of β-amino-alcohol motifs (C(OH)–C–C–N with tert-alkyl or cyclic N) is 1. The fraction of sp³-hybridized carbons (Fsp3) is 0.462. The molecule has 4 heteroatoms. The molecule has 4 nitrogen and oxygen atoms in total. The van der Waals surface area contributed by atoms with Crippen molar-refractivity contribution in [2.75, 3.05) is 19.7 Å². The molecule has 2 amide bonds. The van der Waals surface area contributed by atoms with E-state index < -0.39 is 0 Å². The number of nitrogens with zero attached hydrogens (tertiary/aromatic N) is 1. The Hall–Kier alpha value is -1.55. The van der Waals surface area contributed by atoms with Crippen LogP contribution in [0.5, 0.6) is 0 Å². The first-order chi connectivity index (χ1) is 8.11. The van der Waals surface area contributed by atoms with Gasteiger partial charge in [0.05, 0.1) is 12.6 Å². The second kappa shape index (κ2) is 4.75. The fourth-order valence-corrected chi connectivity index (χ4v) is 2.21. The Morgan fingerprint density at radius 1 is 1.47 bits per heavy atom. The predicted octanol–water partition coefficient (Wildman–Crippen LogP) is 1.36. The van der Waals surface area contributed by atoms with E-state index in [0.29, 0.717) is 13.1 Å². The molecule has 2 N–H and O–H groups in total. The molecule has 0 aromatic heterocycles. The number of hydrogen-bond donors (Lipinski definition) is 2. The molecule has 1 aromatic rings. The minimum Gasteiger partial charge on any atom is -0.395 e. The Morgan fingerprint density at radius 3 is 2.94 bits per heavy atom. The van der Waals surface area contributed by atoms with E-state index in [-0.39, 0.29) is 18.7 Å². The number of amides is 2. The van der Waals surface area contributed by atoms with Crippen LogP contribution in [0.15, 0.2) is 18.2 Å². The van der Waals surface area contributed by atoms with Crippen LogP contribution in [0.4, 0.5) is 4.79 Å². The van der Waals surface area contributed by atoms with Gasteiger partial charge < -0.3 is 15.3 Å². The fourth-order valence-electron chi connectivity index (χ4n) is 2.21. The zero-order valence-electron chi connectivity index (χ0n) is 10.2. The molecule has 92 valence electrons. The second-order valence-electron chi connectivity index (χ2n) is 4.53. The van der Waals surface area contributed by atoms with Crippen LogP contribution < -0.4 is 5.32 Å². The van der Waals surface area contributed by atoms with E-state index in [0.717, 1.165) is 0 Å². The summed E-state index contributed by atoms with van der Waals surface area (Å²) in [6.07, 6.45) is 0. The van der Waals surface area contributed by atoms with E-state index in [2.05, 4.69) is 30.4 Å². The minimum atomic E-state index is -0.0926. The van der Waals surface area contributed by atoms with Gasteiger partial charge in [-0.2, -0.15) is 0 Å². The highest BCUT2D eigenvalue weighted by Gasteiger charge is 2.29. The third-order valence-corrected chi connectivity index (χ3v) is 3.17. The third kappa shape index (κ3) is 2.42. The molecule has 0 aliphatic carbocycles. The first kappa shape index (κ1) is 11.9. The molecule has 1 aliphatic rings. The number of nitrogens with one attached hydrogen (secondary N) is 1. The molecule has 2 rings (SSSR count). The summed E-state index contributed by atoms with van der Waals surface area (Å²) in [6, 6.07) is 6.20. The van der Waals surface area contributed by atoms with E-state index in [1.165, 1.54) is 16.7 Å². The Kier molecular flexibility index (Phi) is 3.33. The molecule has 0 saturated carbocycles. The average molecular weight is 234 g/mol. The summed E-state index contributed by atoms with van der Waals surface area (Å²) in [4.78, 5) is 13.3. The smallest absolute Gasteiger partial charge is 0.318 e. The maximum Gasteiger partial charge on any atom is 0.318 e. The van der Waals surface area contributed by atoms with Gasteiger partial charge >= 0.3 is 6.03 Å². The monoisotopic (exact) mass is 234 g/mol. The quantitative estimate of drug-likeness (QED) is 0.829. The highest BCUT2D eigenvalue weighted by atomic mass is 16.3. The summed E-state index contributed by atoms with van der Waals surface area (Å²) in [5, 5.41) is 11.8. The Balaban J connectivity index is 2.19. The molecule has 0 spiro atoms. The van der Waals surface area contributed by atoms with Crippen LogP contribution in [-0.2, 0) is 0 Å². The van der Waals surface area contributed by atoms with Crippen molar-refractivity contribution >= 4 is 6.03 Å². The van der Waals surface area contributed by atoms with E-state index in [4.69, 9.17) is 5.11 Å². The maximum atomic E-state index is 11.6. The topological polar surface area (TPSA) is 52.6 Å². The van der Waals surface area contributed by atoms with Gasteiger partial charge in [0.25, 0.3) is 0 Å². The number of carbonyl (C=O) groups excluding carboxylic acids is 1. The Labute approximate surface area is 101 Å². The molecule has 1 heterocycles. The molecule has 17 heavy (non-hydrogen) atoms.